The predicted molar refractivity (Wildman–Crippen MR) is 161 cm³/mol. The molecule has 0 aliphatic heterocycles. The number of para-hydroxylation sites is 2. The van der Waals surface area contributed by atoms with E-state index >= 15 is 0 Å². The van der Waals surface area contributed by atoms with E-state index in [1.165, 1.54) is 19.3 Å². The summed E-state index contributed by atoms with van der Waals surface area (Å²) in [6.45, 7) is 20.6. The van der Waals surface area contributed by atoms with Gasteiger partial charge in [-0.25, -0.2) is 0 Å². The molecule has 0 saturated heterocycles. The number of ketones is 1. The van der Waals surface area contributed by atoms with Gasteiger partial charge < -0.3 is 9.97 Å². The van der Waals surface area contributed by atoms with Crippen LogP contribution in [0.15, 0.2) is 73.1 Å². The van der Waals surface area contributed by atoms with E-state index in [4.69, 9.17) is 0 Å². The van der Waals surface area contributed by atoms with Crippen molar-refractivity contribution in [3.8, 4) is 0 Å². The van der Waals surface area contributed by atoms with Crippen molar-refractivity contribution in [3.63, 3.8) is 0 Å². The second-order valence-electron chi connectivity index (χ2n) is 7.80. The van der Waals surface area contributed by atoms with Crippen LogP contribution in [-0.2, 0) is 4.79 Å². The molecular weight excluding hydrogens is 440 g/mol. The highest BCUT2D eigenvalue weighted by Gasteiger charge is 2.30. The molecule has 3 heteroatoms. The van der Waals surface area contributed by atoms with Gasteiger partial charge in [0.25, 0.3) is 0 Å². The Morgan fingerprint density at radius 2 is 1.11 bits per heavy atom. The van der Waals surface area contributed by atoms with Crippen molar-refractivity contribution in [2.75, 3.05) is 0 Å². The monoisotopic (exact) mass is 486 g/mol. The Morgan fingerprint density at radius 3 is 1.53 bits per heavy atom. The molecule has 0 radical (unpaired) electrons. The third-order valence-electron chi connectivity index (χ3n) is 5.68. The number of hydrogen-bond acceptors (Lipinski definition) is 1. The standard InChI is InChI=1S/C22H16N2O.C5H12.3C2H6/c1-13-10-20(25)22(17-12-24-19-9-5-3-7-15(17)19)21(13)16-11-23-18-8-4-2-6-14(16)18;1-3-5-4-2;3*1-2/h2-9,11-12,23-24H,1,10H2;3-5H2,1-2H3;3*1-2H3. The second kappa shape index (κ2) is 16.4. The fourth-order valence-corrected chi connectivity index (χ4v) is 4.21. The van der Waals surface area contributed by atoms with E-state index in [0.29, 0.717) is 6.42 Å². The minimum atomic E-state index is 0.134. The zero-order valence-electron chi connectivity index (χ0n) is 23.7. The summed E-state index contributed by atoms with van der Waals surface area (Å²) in [5.74, 6) is 0.134. The summed E-state index contributed by atoms with van der Waals surface area (Å²) in [6.07, 6.45) is 8.38. The topological polar surface area (TPSA) is 48.6 Å². The van der Waals surface area contributed by atoms with Gasteiger partial charge in [0.05, 0.1) is 0 Å². The number of fused-ring (bicyclic) bond motifs is 2. The minimum absolute atomic E-state index is 0.134. The van der Waals surface area contributed by atoms with E-state index in [1.54, 1.807) is 0 Å². The van der Waals surface area contributed by atoms with E-state index in [0.717, 1.165) is 49.7 Å². The Morgan fingerprint density at radius 1 is 0.694 bits per heavy atom. The first-order valence-corrected chi connectivity index (χ1v) is 13.7. The Balaban J connectivity index is 0.000000514. The first kappa shape index (κ1) is 30.7. The lowest BCUT2D eigenvalue weighted by atomic mass is 9.95. The average molecular weight is 487 g/mol. The summed E-state index contributed by atoms with van der Waals surface area (Å²) in [5.41, 5.74) is 6.73. The zero-order chi connectivity index (χ0) is 27.1. The Hall–Kier alpha value is -3.33. The van der Waals surface area contributed by atoms with Crippen LogP contribution in [0.2, 0.25) is 0 Å². The molecule has 36 heavy (non-hydrogen) atoms. The van der Waals surface area contributed by atoms with Crippen LogP contribution in [0.4, 0.5) is 0 Å². The number of aromatic amines is 2. The minimum Gasteiger partial charge on any atom is -0.361 e. The highest BCUT2D eigenvalue weighted by Crippen LogP contribution is 2.44. The molecule has 1 aliphatic rings. The summed E-state index contributed by atoms with van der Waals surface area (Å²) in [4.78, 5) is 19.4. The van der Waals surface area contributed by atoms with Gasteiger partial charge >= 0.3 is 0 Å². The lowest BCUT2D eigenvalue weighted by molar-refractivity contribution is -0.112. The predicted octanol–water partition coefficient (Wildman–Crippen LogP) is 10.4. The molecule has 2 N–H and O–H groups in total. The number of aromatic nitrogens is 2. The van der Waals surface area contributed by atoms with E-state index in [1.807, 2.05) is 90.3 Å². The maximum absolute atomic E-state index is 12.8. The van der Waals surface area contributed by atoms with Gasteiger partial charge in [0.15, 0.2) is 5.78 Å². The Labute approximate surface area is 218 Å². The van der Waals surface area contributed by atoms with E-state index in [2.05, 4.69) is 42.5 Å². The van der Waals surface area contributed by atoms with Crippen LogP contribution in [0.25, 0.3) is 33.0 Å². The quantitative estimate of drug-likeness (QED) is 0.296. The lowest BCUT2D eigenvalue weighted by Crippen LogP contribution is -1.95. The maximum atomic E-state index is 12.8. The summed E-state index contributed by atoms with van der Waals surface area (Å²) in [5, 5.41) is 2.18. The number of allylic oxidation sites excluding steroid dienone is 3. The SMILES string of the molecule is C=C1CC(=O)C(c2c[nH]c3ccccc23)=C1c1c[nH]c2ccccc12.CC.CC.CC.CCCCC. The van der Waals surface area contributed by atoms with Gasteiger partial charge in [0.2, 0.25) is 0 Å². The van der Waals surface area contributed by atoms with Crippen molar-refractivity contribution < 1.29 is 4.79 Å². The number of H-pyrrole nitrogens is 2. The molecule has 2 aromatic heterocycles. The van der Waals surface area contributed by atoms with Crippen molar-refractivity contribution >= 4 is 38.7 Å². The van der Waals surface area contributed by atoms with E-state index in [-0.39, 0.29) is 5.78 Å². The van der Waals surface area contributed by atoms with Gasteiger partial charge in [-0.05, 0) is 23.3 Å². The highest BCUT2D eigenvalue weighted by molar-refractivity contribution is 6.37. The smallest absolute Gasteiger partial charge is 0.168 e. The molecule has 2 heterocycles. The molecule has 0 spiro atoms. The second-order valence-corrected chi connectivity index (χ2v) is 7.80. The molecule has 2 aromatic carbocycles. The number of rotatable bonds is 4. The fourth-order valence-electron chi connectivity index (χ4n) is 4.21. The summed E-state index contributed by atoms with van der Waals surface area (Å²) in [6, 6.07) is 16.2. The van der Waals surface area contributed by atoms with Crippen LogP contribution in [0, 0.1) is 0 Å². The van der Waals surface area contributed by atoms with Gasteiger partial charge in [-0.1, -0.05) is 118 Å². The molecule has 4 aromatic rings. The number of carbonyl (C=O) groups excluding carboxylic acids is 1. The molecule has 0 atom stereocenters. The fraction of sp³-hybridized carbons (Fsp3) is 0.364. The van der Waals surface area contributed by atoms with Crippen molar-refractivity contribution in [1.82, 2.24) is 9.97 Å². The largest absolute Gasteiger partial charge is 0.361 e. The van der Waals surface area contributed by atoms with Crippen molar-refractivity contribution in [2.24, 2.45) is 0 Å². The van der Waals surface area contributed by atoms with Gasteiger partial charge in [-0.3, -0.25) is 4.79 Å². The van der Waals surface area contributed by atoms with Crippen molar-refractivity contribution in [3.05, 3.63) is 84.2 Å². The first-order chi connectivity index (χ1) is 17.7. The number of benzene rings is 2. The molecule has 0 fully saturated rings. The van der Waals surface area contributed by atoms with Crippen LogP contribution in [0.5, 0.6) is 0 Å². The number of carbonyl (C=O) groups is 1. The maximum Gasteiger partial charge on any atom is 0.168 e. The van der Waals surface area contributed by atoms with Crippen LogP contribution < -0.4 is 0 Å². The highest BCUT2D eigenvalue weighted by atomic mass is 16.1. The third kappa shape index (κ3) is 6.87. The number of hydrogen-bond donors (Lipinski definition) is 2. The van der Waals surface area contributed by atoms with Gasteiger partial charge in [0.1, 0.15) is 0 Å². The van der Waals surface area contributed by atoms with Crippen LogP contribution in [0.3, 0.4) is 0 Å². The molecule has 0 unspecified atom stereocenters. The van der Waals surface area contributed by atoms with E-state index < -0.39 is 0 Å². The average Bonchev–Trinajstić information content (AvgIpc) is 3.63. The van der Waals surface area contributed by atoms with Crippen LogP contribution in [-0.4, -0.2) is 15.8 Å². The summed E-state index contributed by atoms with van der Waals surface area (Å²) < 4.78 is 0. The normalized spacial score (nSPS) is 12.1. The number of unbranched alkanes of at least 4 members (excludes halogenated alkanes) is 2. The molecular formula is C33H46N2O. The molecule has 1 aliphatic carbocycles. The Bertz CT molecular complexity index is 1160. The van der Waals surface area contributed by atoms with Gasteiger partial charge in [0, 0.05) is 57.3 Å². The molecule has 0 saturated carbocycles. The molecule has 0 amide bonds. The number of Topliss-reactive ketones (excluding diaryl/α,β-unsaturated/α-hetero) is 1. The molecule has 3 nitrogen and oxygen atoms in total. The van der Waals surface area contributed by atoms with Crippen molar-refractivity contribution in [1.29, 1.82) is 0 Å². The van der Waals surface area contributed by atoms with Crippen LogP contribution >= 0.6 is 0 Å². The summed E-state index contributed by atoms with van der Waals surface area (Å²) >= 11 is 0. The van der Waals surface area contributed by atoms with E-state index in [9.17, 15) is 4.79 Å². The van der Waals surface area contributed by atoms with Gasteiger partial charge in [-0.2, -0.15) is 0 Å². The van der Waals surface area contributed by atoms with Gasteiger partial charge in [-0.15, -0.1) is 0 Å². The lowest BCUT2D eigenvalue weighted by Gasteiger charge is -2.06. The molecule has 5 rings (SSSR count). The first-order valence-electron chi connectivity index (χ1n) is 13.7. The Kier molecular flexibility index (Phi) is 14.0. The number of nitrogens with one attached hydrogen (secondary N) is 2. The van der Waals surface area contributed by atoms with Crippen molar-refractivity contribution in [2.45, 2.75) is 81.1 Å². The molecule has 194 valence electrons. The van der Waals surface area contributed by atoms with Crippen LogP contribution in [0.1, 0.15) is 92.2 Å². The summed E-state index contributed by atoms with van der Waals surface area (Å²) in [7, 11) is 0. The molecule has 0 bridgehead atoms. The zero-order valence-corrected chi connectivity index (χ0v) is 23.7. The third-order valence-corrected chi connectivity index (χ3v) is 5.68.